The molecule has 1 aromatic rings. The fraction of sp³-hybridized carbons (Fsp3) is 0.619. The van der Waals surface area contributed by atoms with E-state index < -0.39 is 5.91 Å². The molecule has 0 radical (unpaired) electrons. The Kier molecular flexibility index (Phi) is 12.0. The topological polar surface area (TPSA) is 83.2 Å². The van der Waals surface area contributed by atoms with E-state index >= 15 is 0 Å². The van der Waals surface area contributed by atoms with Gasteiger partial charge in [-0.3, -0.25) is 4.79 Å². The summed E-state index contributed by atoms with van der Waals surface area (Å²) < 4.78 is 5.38. The third-order valence-corrected chi connectivity index (χ3v) is 5.02. The summed E-state index contributed by atoms with van der Waals surface area (Å²) in [5.74, 6) is 1.81. The molecule has 1 amide bonds. The zero-order valence-electron chi connectivity index (χ0n) is 17.9. The largest absolute Gasteiger partial charge is 0.484 e. The molecule has 1 aliphatic rings. The molecule has 1 heterocycles. The minimum absolute atomic E-state index is 0. The third-order valence-electron chi connectivity index (χ3n) is 5.02. The summed E-state index contributed by atoms with van der Waals surface area (Å²) in [6.45, 7) is 13.3. The van der Waals surface area contributed by atoms with E-state index in [1.165, 1.54) is 6.42 Å². The number of primary amides is 1. The number of nitrogens with two attached hydrogens (primary N) is 1. The van der Waals surface area contributed by atoms with Gasteiger partial charge in [0.1, 0.15) is 5.75 Å². The second-order valence-corrected chi connectivity index (χ2v) is 7.16. The molecule has 1 saturated heterocycles. The van der Waals surface area contributed by atoms with Crippen LogP contribution in [0, 0.1) is 5.92 Å². The predicted molar refractivity (Wildman–Crippen MR) is 129 cm³/mol. The normalized spacial score (nSPS) is 16.6. The van der Waals surface area contributed by atoms with Crippen molar-refractivity contribution in [2.24, 2.45) is 16.6 Å². The van der Waals surface area contributed by atoms with Crippen LogP contribution in [-0.4, -0.2) is 67.5 Å². The Hall–Kier alpha value is -1.55. The summed E-state index contributed by atoms with van der Waals surface area (Å²) in [5, 5.41) is 3.42. The minimum Gasteiger partial charge on any atom is -0.484 e. The van der Waals surface area contributed by atoms with Crippen LogP contribution in [0.1, 0.15) is 32.8 Å². The summed E-state index contributed by atoms with van der Waals surface area (Å²) in [5.41, 5.74) is 6.17. The Balaban J connectivity index is 0.00000420. The Morgan fingerprint density at radius 3 is 2.76 bits per heavy atom. The van der Waals surface area contributed by atoms with Crippen molar-refractivity contribution >= 4 is 35.8 Å². The van der Waals surface area contributed by atoms with Crippen molar-refractivity contribution in [1.82, 2.24) is 15.1 Å². The molecule has 0 aliphatic carbocycles. The van der Waals surface area contributed by atoms with Gasteiger partial charge in [-0.2, -0.15) is 0 Å². The summed E-state index contributed by atoms with van der Waals surface area (Å²) in [6, 6.07) is 7.64. The molecule has 1 atom stereocenters. The lowest BCUT2D eigenvalue weighted by Gasteiger charge is -2.24. The zero-order valence-corrected chi connectivity index (χ0v) is 20.2. The number of carbonyl (C=O) groups is 1. The van der Waals surface area contributed by atoms with Crippen molar-refractivity contribution in [1.29, 1.82) is 0 Å². The highest BCUT2D eigenvalue weighted by Gasteiger charge is 2.25. The van der Waals surface area contributed by atoms with Crippen LogP contribution >= 0.6 is 24.0 Å². The van der Waals surface area contributed by atoms with Crippen molar-refractivity contribution in [2.45, 2.75) is 33.7 Å². The van der Waals surface area contributed by atoms with Crippen molar-refractivity contribution in [2.75, 3.05) is 45.9 Å². The first kappa shape index (κ1) is 25.5. The molecule has 0 bridgehead atoms. The van der Waals surface area contributed by atoms with Crippen LogP contribution in [0.5, 0.6) is 5.75 Å². The number of halogens is 1. The number of benzene rings is 1. The SMILES string of the molecule is CCNC(=NCc1cccc(OCC(N)=O)c1)N1CCC(CN(CC)CC)C1.I. The van der Waals surface area contributed by atoms with Crippen molar-refractivity contribution in [3.8, 4) is 5.75 Å². The van der Waals surface area contributed by atoms with Crippen LogP contribution in [0.3, 0.4) is 0 Å². The van der Waals surface area contributed by atoms with E-state index in [4.69, 9.17) is 15.5 Å². The summed E-state index contributed by atoms with van der Waals surface area (Å²) in [4.78, 5) is 20.6. The van der Waals surface area contributed by atoms with E-state index in [0.717, 1.165) is 50.8 Å². The van der Waals surface area contributed by atoms with Crippen LogP contribution in [0.4, 0.5) is 0 Å². The molecule has 1 unspecified atom stereocenters. The number of nitrogens with zero attached hydrogens (tertiary/aromatic N) is 3. The highest BCUT2D eigenvalue weighted by molar-refractivity contribution is 14.0. The molecule has 2 rings (SSSR count). The average molecular weight is 517 g/mol. The second kappa shape index (κ2) is 13.6. The highest BCUT2D eigenvalue weighted by Crippen LogP contribution is 2.18. The molecule has 164 valence electrons. The quantitative estimate of drug-likeness (QED) is 0.283. The maximum absolute atomic E-state index is 10.9. The summed E-state index contributed by atoms with van der Waals surface area (Å²) in [6.07, 6.45) is 1.21. The Morgan fingerprint density at radius 2 is 2.10 bits per heavy atom. The van der Waals surface area contributed by atoms with Crippen LogP contribution in [0.25, 0.3) is 0 Å². The molecular weight excluding hydrogens is 481 g/mol. The predicted octanol–water partition coefficient (Wildman–Crippen LogP) is 2.30. The molecule has 1 aliphatic heterocycles. The van der Waals surface area contributed by atoms with Crippen molar-refractivity contribution in [3.63, 3.8) is 0 Å². The molecule has 0 saturated carbocycles. The van der Waals surface area contributed by atoms with Crippen molar-refractivity contribution in [3.05, 3.63) is 29.8 Å². The number of hydrogen-bond donors (Lipinski definition) is 2. The van der Waals surface area contributed by atoms with Crippen molar-refractivity contribution < 1.29 is 9.53 Å². The molecule has 1 fully saturated rings. The molecule has 8 heteroatoms. The van der Waals surface area contributed by atoms with Gasteiger partial charge in [-0.05, 0) is 50.0 Å². The van der Waals surface area contributed by atoms with E-state index in [1.54, 1.807) is 0 Å². The van der Waals surface area contributed by atoms with Gasteiger partial charge in [-0.15, -0.1) is 24.0 Å². The molecule has 0 aromatic heterocycles. The second-order valence-electron chi connectivity index (χ2n) is 7.16. The van der Waals surface area contributed by atoms with Crippen LogP contribution in [0.15, 0.2) is 29.3 Å². The molecule has 3 N–H and O–H groups in total. The number of likely N-dealkylation sites (tertiary alicyclic amines) is 1. The maximum atomic E-state index is 10.9. The Bertz CT molecular complexity index is 652. The lowest BCUT2D eigenvalue weighted by molar-refractivity contribution is -0.119. The first-order valence-corrected chi connectivity index (χ1v) is 10.3. The molecule has 29 heavy (non-hydrogen) atoms. The summed E-state index contributed by atoms with van der Waals surface area (Å²) >= 11 is 0. The average Bonchev–Trinajstić information content (AvgIpc) is 3.16. The zero-order chi connectivity index (χ0) is 20.4. The summed E-state index contributed by atoms with van der Waals surface area (Å²) in [7, 11) is 0. The van der Waals surface area contributed by atoms with Gasteiger partial charge in [0.25, 0.3) is 5.91 Å². The van der Waals surface area contributed by atoms with E-state index in [9.17, 15) is 4.79 Å². The number of ether oxygens (including phenoxy) is 1. The number of nitrogens with one attached hydrogen (secondary N) is 1. The third kappa shape index (κ3) is 8.77. The van der Waals surface area contributed by atoms with Gasteiger partial charge in [0.05, 0.1) is 6.54 Å². The van der Waals surface area contributed by atoms with Gasteiger partial charge < -0.3 is 25.6 Å². The van der Waals surface area contributed by atoms with Gasteiger partial charge in [0.15, 0.2) is 12.6 Å². The van der Waals surface area contributed by atoms with Gasteiger partial charge in [-0.25, -0.2) is 4.99 Å². The maximum Gasteiger partial charge on any atom is 0.255 e. The van der Waals surface area contributed by atoms with Crippen LogP contribution < -0.4 is 15.8 Å². The van der Waals surface area contributed by atoms with E-state index in [0.29, 0.717) is 18.2 Å². The van der Waals surface area contributed by atoms with E-state index in [1.807, 2.05) is 24.3 Å². The van der Waals surface area contributed by atoms with Gasteiger partial charge in [0.2, 0.25) is 0 Å². The molecule has 1 aromatic carbocycles. The molecule has 7 nitrogen and oxygen atoms in total. The standard InChI is InChI=1S/C21H35N5O2.HI/c1-4-23-21(26-11-10-18(15-26)14-25(5-2)6-3)24-13-17-8-7-9-19(12-17)28-16-20(22)27;/h7-9,12,18H,4-6,10-11,13-16H2,1-3H3,(H2,22,27)(H,23,24);1H. The van der Waals surface area contributed by atoms with Crippen LogP contribution in [-0.2, 0) is 11.3 Å². The first-order chi connectivity index (χ1) is 13.5. The number of carbonyl (C=O) groups excluding carboxylic acids is 1. The van der Waals surface area contributed by atoms with Crippen LogP contribution in [0.2, 0.25) is 0 Å². The smallest absolute Gasteiger partial charge is 0.255 e. The van der Waals surface area contributed by atoms with Gasteiger partial charge in [0, 0.05) is 26.2 Å². The minimum atomic E-state index is -0.480. The van der Waals surface area contributed by atoms with E-state index in [-0.39, 0.29) is 30.6 Å². The number of amides is 1. The molecular formula is C21H36IN5O2. The lowest BCUT2D eigenvalue weighted by Crippen LogP contribution is -2.40. The lowest BCUT2D eigenvalue weighted by atomic mass is 10.1. The number of hydrogen-bond acceptors (Lipinski definition) is 4. The number of aliphatic imine (C=N–C) groups is 1. The van der Waals surface area contributed by atoms with Gasteiger partial charge in [-0.1, -0.05) is 26.0 Å². The Morgan fingerprint density at radius 1 is 1.34 bits per heavy atom. The van der Waals surface area contributed by atoms with E-state index in [2.05, 4.69) is 35.9 Å². The highest BCUT2D eigenvalue weighted by atomic mass is 127. The monoisotopic (exact) mass is 517 g/mol. The fourth-order valence-electron chi connectivity index (χ4n) is 3.50. The molecule has 0 spiro atoms. The first-order valence-electron chi connectivity index (χ1n) is 10.3. The fourth-order valence-corrected chi connectivity index (χ4v) is 3.50. The number of guanidine groups is 1. The number of rotatable bonds is 10. The van der Waals surface area contributed by atoms with Gasteiger partial charge >= 0.3 is 0 Å². The Labute approximate surface area is 192 Å².